The number of hydrogen-bond donors (Lipinski definition) is 1. The molecule has 1 fully saturated rings. The Balaban J connectivity index is 1.58. The molecule has 164 valence electrons. The molecule has 0 unspecified atom stereocenters. The fourth-order valence-electron chi connectivity index (χ4n) is 3.97. The van der Waals surface area contributed by atoms with Crippen molar-refractivity contribution < 1.29 is 12.8 Å². The SMILES string of the molecule is CN(C)C1CCN(c2ccc(Nc3ncnc4ccc(S(C)(=O)=O)cc34)cc2F)CC1. The van der Waals surface area contributed by atoms with Gasteiger partial charge in [0.25, 0.3) is 0 Å². The van der Waals surface area contributed by atoms with E-state index in [1.54, 1.807) is 12.1 Å². The van der Waals surface area contributed by atoms with Gasteiger partial charge in [-0.05, 0) is 63.3 Å². The summed E-state index contributed by atoms with van der Waals surface area (Å²) in [7, 11) is 0.791. The summed E-state index contributed by atoms with van der Waals surface area (Å²) in [5.41, 5.74) is 1.73. The maximum Gasteiger partial charge on any atom is 0.175 e. The summed E-state index contributed by atoms with van der Waals surface area (Å²) in [5.74, 6) is 0.123. The predicted octanol–water partition coefficient (Wildman–Crippen LogP) is 3.45. The second-order valence-corrected chi connectivity index (χ2v) is 10.2. The predicted molar refractivity (Wildman–Crippen MR) is 121 cm³/mol. The van der Waals surface area contributed by atoms with Gasteiger partial charge in [0.15, 0.2) is 9.84 Å². The third-order valence-electron chi connectivity index (χ3n) is 5.78. The maximum atomic E-state index is 14.9. The molecule has 0 aliphatic carbocycles. The van der Waals surface area contributed by atoms with E-state index in [4.69, 9.17) is 0 Å². The summed E-state index contributed by atoms with van der Waals surface area (Å²) in [6, 6.07) is 10.3. The minimum absolute atomic E-state index is 0.181. The molecule has 0 bridgehead atoms. The van der Waals surface area contributed by atoms with Crippen molar-refractivity contribution in [3.05, 3.63) is 48.5 Å². The molecule has 31 heavy (non-hydrogen) atoms. The molecular formula is C22H26FN5O2S. The summed E-state index contributed by atoms with van der Waals surface area (Å²) >= 11 is 0. The molecule has 4 rings (SSSR count). The number of nitrogens with zero attached hydrogens (tertiary/aromatic N) is 4. The fraction of sp³-hybridized carbons (Fsp3) is 0.364. The monoisotopic (exact) mass is 443 g/mol. The summed E-state index contributed by atoms with van der Waals surface area (Å²) < 4.78 is 38.8. The highest BCUT2D eigenvalue weighted by atomic mass is 32.2. The zero-order valence-electron chi connectivity index (χ0n) is 17.8. The number of aromatic nitrogens is 2. The van der Waals surface area contributed by atoms with Crippen LogP contribution in [0.3, 0.4) is 0 Å². The van der Waals surface area contributed by atoms with Gasteiger partial charge in [0, 0.05) is 36.5 Å². The normalized spacial score (nSPS) is 15.6. The lowest BCUT2D eigenvalue weighted by Crippen LogP contribution is -2.42. The van der Waals surface area contributed by atoms with E-state index in [0.717, 1.165) is 32.2 Å². The van der Waals surface area contributed by atoms with E-state index in [-0.39, 0.29) is 10.7 Å². The smallest absolute Gasteiger partial charge is 0.175 e. The number of sulfone groups is 1. The van der Waals surface area contributed by atoms with Crippen LogP contribution in [0.2, 0.25) is 0 Å². The van der Waals surface area contributed by atoms with Gasteiger partial charge in [-0.1, -0.05) is 0 Å². The first-order valence-corrected chi connectivity index (χ1v) is 12.0. The lowest BCUT2D eigenvalue weighted by molar-refractivity contribution is 0.249. The lowest BCUT2D eigenvalue weighted by Gasteiger charge is -2.36. The third-order valence-corrected chi connectivity index (χ3v) is 6.89. The molecule has 0 atom stereocenters. The van der Waals surface area contributed by atoms with Crippen LogP contribution in [-0.2, 0) is 9.84 Å². The van der Waals surface area contributed by atoms with Crippen molar-refractivity contribution in [2.45, 2.75) is 23.8 Å². The van der Waals surface area contributed by atoms with E-state index >= 15 is 0 Å². The van der Waals surface area contributed by atoms with Gasteiger partial charge < -0.3 is 15.1 Å². The molecule has 1 aliphatic rings. The number of hydrogen-bond acceptors (Lipinski definition) is 7. The van der Waals surface area contributed by atoms with Crippen LogP contribution in [0, 0.1) is 5.82 Å². The molecule has 1 N–H and O–H groups in total. The molecule has 0 saturated carbocycles. The highest BCUT2D eigenvalue weighted by Crippen LogP contribution is 2.30. The van der Waals surface area contributed by atoms with Crippen LogP contribution in [0.4, 0.5) is 21.6 Å². The number of benzene rings is 2. The molecule has 2 aromatic carbocycles. The van der Waals surface area contributed by atoms with Gasteiger partial charge in [0.2, 0.25) is 0 Å². The van der Waals surface area contributed by atoms with Crippen LogP contribution in [0.1, 0.15) is 12.8 Å². The Morgan fingerprint density at radius 1 is 1.10 bits per heavy atom. The Morgan fingerprint density at radius 2 is 1.84 bits per heavy atom. The molecule has 0 amide bonds. The number of nitrogens with one attached hydrogen (secondary N) is 1. The molecule has 3 aromatic rings. The summed E-state index contributed by atoms with van der Waals surface area (Å²) in [6.45, 7) is 1.63. The van der Waals surface area contributed by atoms with Crippen molar-refractivity contribution in [2.24, 2.45) is 0 Å². The second-order valence-electron chi connectivity index (χ2n) is 8.15. The highest BCUT2D eigenvalue weighted by Gasteiger charge is 2.22. The van der Waals surface area contributed by atoms with Crippen molar-refractivity contribution in [3.8, 4) is 0 Å². The Hall–Kier alpha value is -2.78. The number of piperidine rings is 1. The van der Waals surface area contributed by atoms with Crippen molar-refractivity contribution >= 4 is 37.9 Å². The molecule has 0 spiro atoms. The Labute approximate surface area is 181 Å². The first kappa shape index (κ1) is 21.5. The summed E-state index contributed by atoms with van der Waals surface area (Å²) in [6.07, 6.45) is 4.55. The average Bonchev–Trinajstić information content (AvgIpc) is 2.73. The quantitative estimate of drug-likeness (QED) is 0.647. The largest absolute Gasteiger partial charge is 0.369 e. The molecular weight excluding hydrogens is 417 g/mol. The first-order valence-electron chi connectivity index (χ1n) is 10.1. The van der Waals surface area contributed by atoms with Gasteiger partial charge in [-0.15, -0.1) is 0 Å². The zero-order valence-corrected chi connectivity index (χ0v) is 18.7. The summed E-state index contributed by atoms with van der Waals surface area (Å²) in [5, 5.41) is 3.66. The molecule has 0 radical (unpaired) electrons. The first-order chi connectivity index (χ1) is 14.7. The average molecular weight is 444 g/mol. The number of anilines is 3. The van der Waals surface area contributed by atoms with Gasteiger partial charge in [-0.3, -0.25) is 0 Å². The number of fused-ring (bicyclic) bond motifs is 1. The molecule has 2 heterocycles. The Morgan fingerprint density at radius 3 is 2.48 bits per heavy atom. The van der Waals surface area contributed by atoms with E-state index in [0.29, 0.717) is 34.1 Å². The van der Waals surface area contributed by atoms with Crippen LogP contribution in [0.25, 0.3) is 10.9 Å². The van der Waals surface area contributed by atoms with E-state index < -0.39 is 9.84 Å². The van der Waals surface area contributed by atoms with E-state index in [1.165, 1.54) is 24.5 Å². The molecule has 7 nitrogen and oxygen atoms in total. The van der Waals surface area contributed by atoms with Gasteiger partial charge in [-0.2, -0.15) is 0 Å². The third kappa shape index (κ3) is 4.62. The number of halogens is 1. The highest BCUT2D eigenvalue weighted by molar-refractivity contribution is 7.90. The van der Waals surface area contributed by atoms with Crippen molar-refractivity contribution in [3.63, 3.8) is 0 Å². The van der Waals surface area contributed by atoms with Crippen LogP contribution in [0.5, 0.6) is 0 Å². The van der Waals surface area contributed by atoms with Gasteiger partial charge in [-0.25, -0.2) is 22.8 Å². The van der Waals surface area contributed by atoms with Gasteiger partial charge in [0.1, 0.15) is 18.0 Å². The Kier molecular flexibility index (Phi) is 5.81. The molecule has 1 aliphatic heterocycles. The molecule has 1 saturated heterocycles. The maximum absolute atomic E-state index is 14.9. The van der Waals surface area contributed by atoms with E-state index in [1.807, 2.05) is 6.07 Å². The minimum atomic E-state index is -3.37. The summed E-state index contributed by atoms with van der Waals surface area (Å²) in [4.78, 5) is 12.9. The zero-order chi connectivity index (χ0) is 22.2. The Bertz CT molecular complexity index is 1210. The molecule has 9 heteroatoms. The van der Waals surface area contributed by atoms with Gasteiger partial charge in [0.05, 0.1) is 16.1 Å². The van der Waals surface area contributed by atoms with Crippen LogP contribution in [-0.4, -0.2) is 62.8 Å². The number of rotatable bonds is 5. The molecule has 1 aromatic heterocycles. The fourth-order valence-corrected chi connectivity index (χ4v) is 4.61. The topological polar surface area (TPSA) is 78.4 Å². The van der Waals surface area contributed by atoms with Crippen LogP contribution < -0.4 is 10.2 Å². The van der Waals surface area contributed by atoms with Gasteiger partial charge >= 0.3 is 0 Å². The van der Waals surface area contributed by atoms with E-state index in [9.17, 15) is 12.8 Å². The van der Waals surface area contributed by atoms with Crippen LogP contribution in [0.15, 0.2) is 47.6 Å². The minimum Gasteiger partial charge on any atom is -0.369 e. The van der Waals surface area contributed by atoms with Crippen LogP contribution >= 0.6 is 0 Å². The second kappa shape index (κ2) is 8.39. The lowest BCUT2D eigenvalue weighted by atomic mass is 10.0. The van der Waals surface area contributed by atoms with Crippen molar-refractivity contribution in [2.75, 3.05) is 43.7 Å². The van der Waals surface area contributed by atoms with Crippen molar-refractivity contribution in [1.29, 1.82) is 0 Å². The standard InChI is InChI=1S/C22H26FN5O2S/c1-27(2)16-8-10-28(11-9-16)21-7-4-15(12-19(21)23)26-22-18-13-17(31(3,29)30)5-6-20(18)24-14-25-22/h4-7,12-14,16H,8-11H2,1-3H3,(H,24,25,26). The van der Waals surface area contributed by atoms with Crippen molar-refractivity contribution in [1.82, 2.24) is 14.9 Å². The van der Waals surface area contributed by atoms with E-state index in [2.05, 4.69) is 39.2 Å².